The molecule has 3 rings (SSSR count). The van der Waals surface area contributed by atoms with Crippen molar-refractivity contribution in [3.63, 3.8) is 0 Å². The van der Waals surface area contributed by atoms with Crippen LogP contribution in [0.3, 0.4) is 0 Å². The normalized spacial score (nSPS) is 15.9. The van der Waals surface area contributed by atoms with Gasteiger partial charge >= 0.3 is 6.03 Å². The molecule has 1 atom stereocenters. The zero-order valence-corrected chi connectivity index (χ0v) is 16.1. The molecule has 2 aromatic carbocycles. The first-order chi connectivity index (χ1) is 13.6. The van der Waals surface area contributed by atoms with Gasteiger partial charge in [0.2, 0.25) is 5.91 Å². The molecular weight excluding hydrogens is 358 g/mol. The molecule has 28 heavy (non-hydrogen) atoms. The number of carbonyl (C=O) groups is 2. The summed E-state index contributed by atoms with van der Waals surface area (Å²) in [6.45, 7) is 0.644. The van der Waals surface area contributed by atoms with E-state index in [0.29, 0.717) is 23.7 Å². The van der Waals surface area contributed by atoms with E-state index >= 15 is 0 Å². The van der Waals surface area contributed by atoms with E-state index in [2.05, 4.69) is 10.6 Å². The van der Waals surface area contributed by atoms with Gasteiger partial charge in [0.1, 0.15) is 12.4 Å². The van der Waals surface area contributed by atoms with Crippen molar-refractivity contribution in [1.29, 1.82) is 0 Å². The maximum absolute atomic E-state index is 12.9. The third-order valence-electron chi connectivity index (χ3n) is 4.70. The summed E-state index contributed by atoms with van der Waals surface area (Å²) in [5.74, 6) is 0.207. The van der Waals surface area contributed by atoms with Gasteiger partial charge < -0.3 is 25.0 Å². The largest absolute Gasteiger partial charge is 0.495 e. The van der Waals surface area contributed by atoms with Crippen LogP contribution in [0.4, 0.5) is 16.2 Å². The number of urea groups is 1. The van der Waals surface area contributed by atoms with E-state index in [-0.39, 0.29) is 24.6 Å². The summed E-state index contributed by atoms with van der Waals surface area (Å²) >= 11 is 0. The Bertz CT molecular complexity index is 826. The fraction of sp³-hybridized carbons (Fsp3) is 0.333. The highest BCUT2D eigenvalue weighted by atomic mass is 16.5. The smallest absolute Gasteiger partial charge is 0.322 e. The van der Waals surface area contributed by atoms with Crippen LogP contribution in [0.1, 0.15) is 24.4 Å². The molecule has 0 spiro atoms. The monoisotopic (exact) mass is 383 g/mol. The molecule has 0 aliphatic carbocycles. The molecule has 1 aliphatic rings. The van der Waals surface area contributed by atoms with E-state index in [0.717, 1.165) is 18.4 Å². The lowest BCUT2D eigenvalue weighted by Crippen LogP contribution is -2.34. The Morgan fingerprint density at radius 3 is 2.61 bits per heavy atom. The average molecular weight is 383 g/mol. The summed E-state index contributed by atoms with van der Waals surface area (Å²) < 4.78 is 10.1. The molecule has 0 saturated carbocycles. The Hall–Kier alpha value is -3.06. The Morgan fingerprint density at radius 1 is 1.11 bits per heavy atom. The van der Waals surface area contributed by atoms with Crippen molar-refractivity contribution in [3.05, 3.63) is 54.1 Å². The van der Waals surface area contributed by atoms with Crippen LogP contribution >= 0.6 is 0 Å². The Kier molecular flexibility index (Phi) is 6.49. The predicted octanol–water partition coefficient (Wildman–Crippen LogP) is 3.65. The SMILES string of the molecule is COCC(=O)Nc1cc(NC(=O)N2CCC[C@@H]2c2ccccc2)ccc1OC. The number of amides is 3. The highest BCUT2D eigenvalue weighted by Crippen LogP contribution is 2.33. The van der Waals surface area contributed by atoms with Crippen LogP contribution in [0.15, 0.2) is 48.5 Å². The van der Waals surface area contributed by atoms with Crippen LogP contribution in [0, 0.1) is 0 Å². The molecule has 148 valence electrons. The minimum atomic E-state index is -0.298. The van der Waals surface area contributed by atoms with Crippen LogP contribution in [-0.2, 0) is 9.53 Å². The zero-order chi connectivity index (χ0) is 19.9. The second-order valence-corrected chi connectivity index (χ2v) is 6.59. The van der Waals surface area contributed by atoms with Gasteiger partial charge in [0.25, 0.3) is 0 Å². The van der Waals surface area contributed by atoms with Crippen molar-refractivity contribution < 1.29 is 19.1 Å². The standard InChI is InChI=1S/C21H25N3O4/c1-27-14-20(25)23-17-13-16(10-11-19(17)28-2)22-21(26)24-12-6-9-18(24)15-7-4-3-5-8-15/h3-5,7-8,10-11,13,18H,6,9,12,14H2,1-2H3,(H,22,26)(H,23,25)/t18-/m1/s1. The van der Waals surface area contributed by atoms with Gasteiger partial charge in [-0.1, -0.05) is 30.3 Å². The zero-order valence-electron chi connectivity index (χ0n) is 16.1. The summed E-state index contributed by atoms with van der Waals surface area (Å²) in [6, 6.07) is 15.1. The quantitative estimate of drug-likeness (QED) is 0.798. The lowest BCUT2D eigenvalue weighted by atomic mass is 10.1. The molecule has 0 aromatic heterocycles. The minimum Gasteiger partial charge on any atom is -0.495 e. The van der Waals surface area contributed by atoms with Gasteiger partial charge in [-0.25, -0.2) is 4.79 Å². The number of ether oxygens (including phenoxy) is 2. The number of carbonyl (C=O) groups excluding carboxylic acids is 2. The Balaban J connectivity index is 1.73. The van der Waals surface area contributed by atoms with Crippen LogP contribution in [-0.4, -0.2) is 44.2 Å². The number of methoxy groups -OCH3 is 2. The maximum atomic E-state index is 12.9. The van der Waals surface area contributed by atoms with Crippen LogP contribution in [0.2, 0.25) is 0 Å². The van der Waals surface area contributed by atoms with E-state index in [1.165, 1.54) is 14.2 Å². The van der Waals surface area contributed by atoms with Gasteiger partial charge in [0, 0.05) is 19.3 Å². The van der Waals surface area contributed by atoms with Gasteiger partial charge in [-0.05, 0) is 36.6 Å². The molecule has 7 nitrogen and oxygen atoms in total. The number of hydrogen-bond acceptors (Lipinski definition) is 4. The highest BCUT2D eigenvalue weighted by molar-refractivity contribution is 5.95. The van der Waals surface area contributed by atoms with Crippen molar-refractivity contribution in [2.45, 2.75) is 18.9 Å². The second kappa shape index (κ2) is 9.23. The Morgan fingerprint density at radius 2 is 1.89 bits per heavy atom. The summed E-state index contributed by atoms with van der Waals surface area (Å²) in [7, 11) is 2.97. The molecule has 1 fully saturated rings. The second-order valence-electron chi connectivity index (χ2n) is 6.59. The molecule has 1 saturated heterocycles. The fourth-order valence-electron chi connectivity index (χ4n) is 3.43. The summed E-state index contributed by atoms with van der Waals surface area (Å²) in [6.07, 6.45) is 1.91. The molecule has 1 aliphatic heterocycles. The Labute approximate surface area is 164 Å². The lowest BCUT2D eigenvalue weighted by Gasteiger charge is -2.25. The van der Waals surface area contributed by atoms with Gasteiger partial charge in [0.15, 0.2) is 0 Å². The van der Waals surface area contributed by atoms with Crippen molar-refractivity contribution >= 4 is 23.3 Å². The van der Waals surface area contributed by atoms with E-state index < -0.39 is 0 Å². The number of likely N-dealkylation sites (tertiary alicyclic amines) is 1. The molecular formula is C21H25N3O4. The molecule has 7 heteroatoms. The number of nitrogens with one attached hydrogen (secondary N) is 2. The van der Waals surface area contributed by atoms with Crippen LogP contribution in [0.25, 0.3) is 0 Å². The molecule has 1 heterocycles. The van der Waals surface area contributed by atoms with E-state index in [1.54, 1.807) is 18.2 Å². The number of nitrogens with zero attached hydrogens (tertiary/aromatic N) is 1. The summed E-state index contributed by atoms with van der Waals surface area (Å²) in [4.78, 5) is 26.6. The first-order valence-corrected chi connectivity index (χ1v) is 9.21. The number of hydrogen-bond donors (Lipinski definition) is 2. The van der Waals surface area contributed by atoms with Gasteiger partial charge in [0.05, 0.1) is 18.8 Å². The first kappa shape index (κ1) is 19.7. The van der Waals surface area contributed by atoms with Crippen molar-refractivity contribution in [2.75, 3.05) is 38.0 Å². The molecule has 3 amide bonds. The summed E-state index contributed by atoms with van der Waals surface area (Å²) in [5, 5.41) is 5.66. The van der Waals surface area contributed by atoms with Crippen molar-refractivity contribution in [1.82, 2.24) is 4.90 Å². The topological polar surface area (TPSA) is 79.9 Å². The van der Waals surface area contributed by atoms with Crippen molar-refractivity contribution in [3.8, 4) is 5.75 Å². The lowest BCUT2D eigenvalue weighted by molar-refractivity contribution is -0.119. The van der Waals surface area contributed by atoms with E-state index in [4.69, 9.17) is 9.47 Å². The summed E-state index contributed by atoms with van der Waals surface area (Å²) in [5.41, 5.74) is 2.19. The molecule has 0 radical (unpaired) electrons. The molecule has 0 bridgehead atoms. The number of benzene rings is 2. The average Bonchev–Trinajstić information content (AvgIpc) is 3.19. The maximum Gasteiger partial charge on any atom is 0.322 e. The number of anilines is 2. The highest BCUT2D eigenvalue weighted by Gasteiger charge is 2.30. The van der Waals surface area contributed by atoms with Crippen LogP contribution < -0.4 is 15.4 Å². The van der Waals surface area contributed by atoms with Crippen molar-refractivity contribution in [2.24, 2.45) is 0 Å². The van der Waals surface area contributed by atoms with E-state index in [1.807, 2.05) is 35.2 Å². The minimum absolute atomic E-state index is 0.0632. The number of rotatable bonds is 6. The molecule has 2 N–H and O–H groups in total. The molecule has 2 aromatic rings. The van der Waals surface area contributed by atoms with Gasteiger partial charge in [-0.3, -0.25) is 4.79 Å². The predicted molar refractivity (Wildman–Crippen MR) is 108 cm³/mol. The first-order valence-electron chi connectivity index (χ1n) is 9.21. The third kappa shape index (κ3) is 4.61. The molecule has 0 unspecified atom stereocenters. The van der Waals surface area contributed by atoms with Gasteiger partial charge in [-0.2, -0.15) is 0 Å². The third-order valence-corrected chi connectivity index (χ3v) is 4.70. The van der Waals surface area contributed by atoms with Gasteiger partial charge in [-0.15, -0.1) is 0 Å². The van der Waals surface area contributed by atoms with Crippen LogP contribution in [0.5, 0.6) is 5.75 Å². The fourth-order valence-corrected chi connectivity index (χ4v) is 3.43. The van der Waals surface area contributed by atoms with E-state index in [9.17, 15) is 9.59 Å².